The van der Waals surface area contributed by atoms with Crippen LogP contribution in [0.4, 0.5) is 14.5 Å². The van der Waals surface area contributed by atoms with Crippen LogP contribution in [0.1, 0.15) is 5.56 Å². The highest BCUT2D eigenvalue weighted by molar-refractivity contribution is 9.10. The first-order chi connectivity index (χ1) is 9.40. The summed E-state index contributed by atoms with van der Waals surface area (Å²) < 4.78 is 40.9. The Balaban J connectivity index is 2.25. The van der Waals surface area contributed by atoms with Gasteiger partial charge in [0.2, 0.25) is 0 Å². The minimum Gasteiger partial charge on any atom is -0.398 e. The van der Waals surface area contributed by atoms with Crippen molar-refractivity contribution in [3.8, 4) is 0 Å². The maximum absolute atomic E-state index is 14.1. The van der Waals surface area contributed by atoms with E-state index in [-0.39, 0.29) is 16.1 Å². The third-order valence-corrected chi connectivity index (χ3v) is 4.69. The normalized spacial score (nSPS) is 13.2. The van der Waals surface area contributed by atoms with Gasteiger partial charge in [-0.2, -0.15) is 0 Å². The van der Waals surface area contributed by atoms with Gasteiger partial charge in [-0.15, -0.1) is 0 Å². The molecule has 6 heteroatoms. The topological polar surface area (TPSA) is 43.1 Å². The van der Waals surface area contributed by atoms with E-state index < -0.39 is 22.5 Å². The van der Waals surface area contributed by atoms with E-state index in [1.807, 2.05) is 0 Å². The Morgan fingerprint density at radius 3 is 2.45 bits per heavy atom. The van der Waals surface area contributed by atoms with Crippen molar-refractivity contribution in [3.05, 3.63) is 58.6 Å². The quantitative estimate of drug-likeness (QED) is 0.840. The van der Waals surface area contributed by atoms with E-state index in [0.29, 0.717) is 4.47 Å². The summed E-state index contributed by atoms with van der Waals surface area (Å²) >= 11 is 3.21. The fourth-order valence-electron chi connectivity index (χ4n) is 1.71. The highest BCUT2D eigenvalue weighted by Crippen LogP contribution is 2.32. The summed E-state index contributed by atoms with van der Waals surface area (Å²) in [5.74, 6) is -3.96. The van der Waals surface area contributed by atoms with Crippen LogP contribution in [0.3, 0.4) is 0 Å². The molecular weight excluding hydrogens is 348 g/mol. The van der Waals surface area contributed by atoms with Gasteiger partial charge in [-0.05, 0) is 18.2 Å². The molecule has 0 spiro atoms. The molecule has 2 N–H and O–H groups in total. The highest BCUT2D eigenvalue weighted by atomic mass is 79.9. The summed E-state index contributed by atoms with van der Waals surface area (Å²) in [5, 5.41) is 0. The second-order valence-corrected chi connectivity index (χ2v) is 6.58. The molecule has 0 bridgehead atoms. The molecule has 1 unspecified atom stereocenters. The van der Waals surface area contributed by atoms with Crippen molar-refractivity contribution in [1.82, 2.24) is 0 Å². The molecule has 0 aliphatic carbocycles. The van der Waals surface area contributed by atoms with Gasteiger partial charge in [-0.1, -0.05) is 46.3 Å². The van der Waals surface area contributed by atoms with Gasteiger partial charge in [0.05, 0.1) is 21.4 Å². The van der Waals surface area contributed by atoms with E-state index in [0.717, 1.165) is 0 Å². The molecule has 0 saturated carbocycles. The molecule has 0 amide bonds. The van der Waals surface area contributed by atoms with Crippen molar-refractivity contribution < 1.29 is 13.0 Å². The van der Waals surface area contributed by atoms with Crippen LogP contribution in [-0.2, 0) is 16.7 Å². The van der Waals surface area contributed by atoms with Crippen LogP contribution in [0.2, 0.25) is 0 Å². The number of hydrogen-bond acceptors (Lipinski definition) is 2. The summed E-state index contributed by atoms with van der Waals surface area (Å²) in [6.07, 6.45) is 0. The Labute approximate surface area is 126 Å². The zero-order chi connectivity index (χ0) is 14.8. The Morgan fingerprint density at radius 1 is 1.15 bits per heavy atom. The summed E-state index contributed by atoms with van der Waals surface area (Å²) in [4.78, 5) is 0.218. The number of halogens is 3. The average molecular weight is 360 g/mol. The maximum atomic E-state index is 14.1. The number of benzene rings is 2. The largest absolute Gasteiger partial charge is 0.398 e. The van der Waals surface area contributed by atoms with Crippen molar-refractivity contribution in [2.45, 2.75) is 10.8 Å². The fraction of sp³-hybridized carbons (Fsp3) is 0.143. The number of anilines is 1. The van der Waals surface area contributed by atoms with E-state index in [1.165, 1.54) is 36.4 Å². The number of alkyl halides is 2. The Kier molecular flexibility index (Phi) is 4.55. The summed E-state index contributed by atoms with van der Waals surface area (Å²) in [5.41, 5.74) is 5.78. The molecule has 1 atom stereocenters. The second kappa shape index (κ2) is 6.01. The van der Waals surface area contributed by atoms with Crippen LogP contribution >= 0.6 is 15.9 Å². The molecule has 20 heavy (non-hydrogen) atoms. The third-order valence-electron chi connectivity index (χ3n) is 2.73. The highest BCUT2D eigenvalue weighted by Gasteiger charge is 2.34. The predicted molar refractivity (Wildman–Crippen MR) is 80.2 cm³/mol. The van der Waals surface area contributed by atoms with E-state index in [9.17, 15) is 13.0 Å². The first kappa shape index (κ1) is 15.1. The van der Waals surface area contributed by atoms with Gasteiger partial charge in [0, 0.05) is 15.7 Å². The van der Waals surface area contributed by atoms with Crippen LogP contribution < -0.4 is 5.73 Å². The van der Waals surface area contributed by atoms with Crippen molar-refractivity contribution in [2.75, 3.05) is 11.5 Å². The van der Waals surface area contributed by atoms with Crippen LogP contribution in [0, 0.1) is 0 Å². The van der Waals surface area contributed by atoms with Gasteiger partial charge < -0.3 is 5.73 Å². The van der Waals surface area contributed by atoms with Crippen molar-refractivity contribution in [3.63, 3.8) is 0 Å². The molecule has 0 aromatic heterocycles. The monoisotopic (exact) mass is 359 g/mol. The van der Waals surface area contributed by atoms with Crippen LogP contribution in [0.15, 0.2) is 57.9 Å². The average Bonchev–Trinajstić information content (AvgIpc) is 2.42. The standard InChI is InChI=1S/C14H12BrF2NOS/c15-11-6-7-12(18)13(8-11)20(19)9-14(16,17)10-4-2-1-3-5-10/h1-8H,9,18H2. The lowest BCUT2D eigenvalue weighted by Gasteiger charge is -2.17. The third kappa shape index (κ3) is 3.43. The number of rotatable bonds is 4. The van der Waals surface area contributed by atoms with E-state index >= 15 is 0 Å². The zero-order valence-electron chi connectivity index (χ0n) is 10.4. The smallest absolute Gasteiger partial charge is 0.284 e. The van der Waals surface area contributed by atoms with Gasteiger partial charge >= 0.3 is 0 Å². The minimum atomic E-state index is -3.17. The maximum Gasteiger partial charge on any atom is 0.284 e. The lowest BCUT2D eigenvalue weighted by Crippen LogP contribution is -2.22. The van der Waals surface area contributed by atoms with Crippen LogP contribution in [0.5, 0.6) is 0 Å². The lowest BCUT2D eigenvalue weighted by atomic mass is 10.1. The zero-order valence-corrected chi connectivity index (χ0v) is 12.8. The minimum absolute atomic E-state index is 0.151. The Hall–Kier alpha value is -1.27. The van der Waals surface area contributed by atoms with E-state index in [2.05, 4.69) is 15.9 Å². The van der Waals surface area contributed by atoms with E-state index in [4.69, 9.17) is 5.73 Å². The fourth-order valence-corrected chi connectivity index (χ4v) is 3.47. The molecular formula is C14H12BrF2NOS. The molecule has 2 nitrogen and oxygen atoms in total. The first-order valence-corrected chi connectivity index (χ1v) is 7.88. The molecule has 0 aliphatic rings. The molecule has 2 aromatic carbocycles. The van der Waals surface area contributed by atoms with Crippen LogP contribution in [0.25, 0.3) is 0 Å². The van der Waals surface area contributed by atoms with Crippen molar-refractivity contribution >= 4 is 32.4 Å². The Morgan fingerprint density at radius 2 is 1.80 bits per heavy atom. The summed E-state index contributed by atoms with van der Waals surface area (Å²) in [6.45, 7) is 0. The second-order valence-electron chi connectivity index (χ2n) is 4.24. The van der Waals surface area contributed by atoms with Crippen LogP contribution in [-0.4, -0.2) is 9.96 Å². The first-order valence-electron chi connectivity index (χ1n) is 5.77. The lowest BCUT2D eigenvalue weighted by molar-refractivity contribution is 0.0222. The molecule has 0 fully saturated rings. The number of nitrogens with two attached hydrogens (primary N) is 1. The Bertz CT molecular complexity index is 634. The molecule has 2 aromatic rings. The SMILES string of the molecule is Nc1ccc(Br)cc1S(=O)CC(F)(F)c1ccccc1. The van der Waals surface area contributed by atoms with Gasteiger partial charge in [-0.3, -0.25) is 4.21 Å². The van der Waals surface area contributed by atoms with Gasteiger partial charge in [0.1, 0.15) is 0 Å². The summed E-state index contributed by atoms with van der Waals surface area (Å²) in [6, 6.07) is 12.1. The summed E-state index contributed by atoms with van der Waals surface area (Å²) in [7, 11) is -1.88. The molecule has 106 valence electrons. The number of hydrogen-bond donors (Lipinski definition) is 1. The number of nitrogen functional groups attached to an aromatic ring is 1. The van der Waals surface area contributed by atoms with Gasteiger partial charge in [0.15, 0.2) is 0 Å². The molecule has 0 aliphatic heterocycles. The van der Waals surface area contributed by atoms with Crippen molar-refractivity contribution in [2.24, 2.45) is 0 Å². The van der Waals surface area contributed by atoms with Gasteiger partial charge in [0.25, 0.3) is 5.92 Å². The predicted octanol–water partition coefficient (Wildman–Crippen LogP) is 3.93. The molecule has 0 heterocycles. The van der Waals surface area contributed by atoms with Crippen molar-refractivity contribution in [1.29, 1.82) is 0 Å². The molecule has 2 rings (SSSR count). The molecule has 0 saturated heterocycles. The van der Waals surface area contributed by atoms with E-state index in [1.54, 1.807) is 12.1 Å². The molecule has 0 radical (unpaired) electrons. The van der Waals surface area contributed by atoms with Gasteiger partial charge in [-0.25, -0.2) is 8.78 Å².